The molecule has 2 aromatic carbocycles. The molecule has 0 aliphatic carbocycles. The highest BCUT2D eigenvalue weighted by atomic mass is 35.5. The molecule has 0 radical (unpaired) electrons. The highest BCUT2D eigenvalue weighted by molar-refractivity contribution is 6.31. The van der Waals surface area contributed by atoms with E-state index in [4.69, 9.17) is 28.9 Å². The Labute approximate surface area is 168 Å². The van der Waals surface area contributed by atoms with E-state index in [9.17, 15) is 4.79 Å². The zero-order valence-corrected chi connectivity index (χ0v) is 16.4. The average molecular weight is 402 g/mol. The normalized spacial score (nSPS) is 16.6. The molecule has 1 amide bonds. The second-order valence-corrected chi connectivity index (χ2v) is 7.91. The third-order valence-corrected chi connectivity index (χ3v) is 5.75. The number of fused-ring (bicyclic) bond motifs is 3. The molecule has 1 unspecified atom stereocenters. The Bertz CT molecular complexity index is 981. The molecule has 1 aliphatic rings. The summed E-state index contributed by atoms with van der Waals surface area (Å²) in [5.41, 5.74) is 10.5. The maximum atomic E-state index is 12.8. The van der Waals surface area contributed by atoms with Crippen molar-refractivity contribution < 1.29 is 4.79 Å². The third kappa shape index (κ3) is 3.70. The average Bonchev–Trinajstić information content (AvgIpc) is 3.04. The first-order valence-electron chi connectivity index (χ1n) is 9.07. The molecule has 3 aromatic rings. The fourth-order valence-corrected chi connectivity index (χ4v) is 4.19. The molecule has 1 aliphatic heterocycles. The van der Waals surface area contributed by atoms with Gasteiger partial charge in [-0.05, 0) is 47.9 Å². The van der Waals surface area contributed by atoms with Crippen LogP contribution >= 0.6 is 23.2 Å². The van der Waals surface area contributed by atoms with Gasteiger partial charge in [-0.1, -0.05) is 35.3 Å². The van der Waals surface area contributed by atoms with E-state index in [2.05, 4.69) is 4.98 Å². The van der Waals surface area contributed by atoms with Gasteiger partial charge in [0.05, 0.1) is 6.54 Å². The number of hydrogen-bond acceptors (Lipinski definition) is 2. The number of H-pyrrole nitrogens is 1. The Kier molecular flexibility index (Phi) is 5.13. The zero-order valence-electron chi connectivity index (χ0n) is 14.8. The molecule has 4 rings (SSSR count). The number of aryl methyl sites for hydroxylation is 1. The molecule has 2 heterocycles. The van der Waals surface area contributed by atoms with Crippen molar-refractivity contribution in [3.05, 3.63) is 69.3 Å². The van der Waals surface area contributed by atoms with Crippen LogP contribution in [0.3, 0.4) is 0 Å². The van der Waals surface area contributed by atoms with Gasteiger partial charge in [-0.15, -0.1) is 0 Å². The first kappa shape index (κ1) is 18.4. The first-order chi connectivity index (χ1) is 13.0. The molecule has 6 heteroatoms. The summed E-state index contributed by atoms with van der Waals surface area (Å²) in [4.78, 5) is 18.2. The highest BCUT2D eigenvalue weighted by Crippen LogP contribution is 2.35. The summed E-state index contributed by atoms with van der Waals surface area (Å²) in [6, 6.07) is 13.5. The molecule has 0 fully saturated rings. The van der Waals surface area contributed by atoms with Gasteiger partial charge < -0.3 is 15.6 Å². The van der Waals surface area contributed by atoms with E-state index in [1.807, 2.05) is 47.4 Å². The van der Waals surface area contributed by atoms with Gasteiger partial charge in [0.25, 0.3) is 0 Å². The molecule has 1 atom stereocenters. The lowest BCUT2D eigenvalue weighted by Crippen LogP contribution is -2.40. The quantitative estimate of drug-likeness (QED) is 0.676. The molecular weight excluding hydrogens is 381 g/mol. The van der Waals surface area contributed by atoms with Crippen LogP contribution < -0.4 is 5.73 Å². The molecule has 0 bridgehead atoms. The number of halogens is 2. The fraction of sp³-hybridized carbons (Fsp3) is 0.286. The van der Waals surface area contributed by atoms with Crippen molar-refractivity contribution >= 4 is 40.0 Å². The van der Waals surface area contributed by atoms with E-state index in [1.165, 1.54) is 5.56 Å². The van der Waals surface area contributed by atoms with Crippen molar-refractivity contribution in [2.75, 3.05) is 13.1 Å². The summed E-state index contributed by atoms with van der Waals surface area (Å²) in [5, 5.41) is 2.53. The molecule has 27 heavy (non-hydrogen) atoms. The number of aromatic nitrogens is 1. The number of nitrogens with zero attached hydrogens (tertiary/aromatic N) is 1. The Morgan fingerprint density at radius 1 is 1.15 bits per heavy atom. The Morgan fingerprint density at radius 2 is 1.89 bits per heavy atom. The minimum atomic E-state index is 0.112. The lowest BCUT2D eigenvalue weighted by atomic mass is 9.91. The number of carbonyl (C=O) groups is 1. The summed E-state index contributed by atoms with van der Waals surface area (Å²) in [6.07, 6.45) is 1.18. The standard InChI is InChI=1S/C21H21Cl2N3O/c22-15-4-1-13(2-5-15)3-8-20(27)26-11-14(10-24)21-17-9-16(23)6-7-18(17)25-19(21)12-26/h1-2,4-7,9,14,25H,3,8,10-12,24H2. The molecule has 1 aromatic heterocycles. The number of aromatic amines is 1. The number of nitrogens with two attached hydrogens (primary N) is 1. The van der Waals surface area contributed by atoms with Gasteiger partial charge in [0.15, 0.2) is 0 Å². The number of hydrogen-bond donors (Lipinski definition) is 2. The van der Waals surface area contributed by atoms with Gasteiger partial charge in [-0.25, -0.2) is 0 Å². The summed E-state index contributed by atoms with van der Waals surface area (Å²) in [5.74, 6) is 0.256. The predicted molar refractivity (Wildman–Crippen MR) is 110 cm³/mol. The van der Waals surface area contributed by atoms with E-state index in [1.54, 1.807) is 0 Å². The van der Waals surface area contributed by atoms with E-state index in [0.29, 0.717) is 42.5 Å². The maximum Gasteiger partial charge on any atom is 0.223 e. The minimum absolute atomic E-state index is 0.112. The van der Waals surface area contributed by atoms with Crippen LogP contribution in [0, 0.1) is 0 Å². The minimum Gasteiger partial charge on any atom is -0.357 e. The third-order valence-electron chi connectivity index (χ3n) is 5.26. The van der Waals surface area contributed by atoms with Crippen LogP contribution in [0.25, 0.3) is 10.9 Å². The lowest BCUT2D eigenvalue weighted by molar-refractivity contribution is -0.132. The number of carbonyl (C=O) groups excluding carboxylic acids is 1. The van der Waals surface area contributed by atoms with Gasteiger partial charge in [0, 0.05) is 52.1 Å². The highest BCUT2D eigenvalue weighted by Gasteiger charge is 2.30. The van der Waals surface area contributed by atoms with Crippen molar-refractivity contribution in [2.24, 2.45) is 5.73 Å². The van der Waals surface area contributed by atoms with E-state index in [-0.39, 0.29) is 11.8 Å². The molecular formula is C21H21Cl2N3O. The van der Waals surface area contributed by atoms with E-state index >= 15 is 0 Å². The lowest BCUT2D eigenvalue weighted by Gasteiger charge is -2.32. The van der Waals surface area contributed by atoms with Crippen LogP contribution in [0.2, 0.25) is 10.0 Å². The zero-order chi connectivity index (χ0) is 19.0. The monoisotopic (exact) mass is 401 g/mol. The van der Waals surface area contributed by atoms with Gasteiger partial charge >= 0.3 is 0 Å². The van der Waals surface area contributed by atoms with Crippen LogP contribution in [0.15, 0.2) is 42.5 Å². The van der Waals surface area contributed by atoms with Gasteiger partial charge in [-0.2, -0.15) is 0 Å². The molecule has 0 spiro atoms. The summed E-state index contributed by atoms with van der Waals surface area (Å²) < 4.78 is 0. The van der Waals surface area contributed by atoms with Gasteiger partial charge in [-0.3, -0.25) is 4.79 Å². The summed E-state index contributed by atoms with van der Waals surface area (Å²) >= 11 is 12.1. The Morgan fingerprint density at radius 3 is 2.63 bits per heavy atom. The largest absolute Gasteiger partial charge is 0.357 e. The second-order valence-electron chi connectivity index (χ2n) is 7.04. The molecule has 4 nitrogen and oxygen atoms in total. The second kappa shape index (κ2) is 7.55. The van der Waals surface area contributed by atoms with Gasteiger partial charge in [0.1, 0.15) is 0 Å². The Hall–Kier alpha value is -2.01. The van der Waals surface area contributed by atoms with Crippen LogP contribution in [0.1, 0.15) is 29.2 Å². The molecule has 0 saturated heterocycles. The van der Waals surface area contributed by atoms with Crippen LogP contribution in [0.5, 0.6) is 0 Å². The van der Waals surface area contributed by atoms with Crippen molar-refractivity contribution in [3.63, 3.8) is 0 Å². The summed E-state index contributed by atoms with van der Waals surface area (Å²) in [7, 11) is 0. The van der Waals surface area contributed by atoms with Crippen molar-refractivity contribution in [3.8, 4) is 0 Å². The molecule has 140 valence electrons. The number of rotatable bonds is 4. The summed E-state index contributed by atoms with van der Waals surface area (Å²) in [6.45, 7) is 1.72. The Balaban J connectivity index is 1.53. The molecule has 0 saturated carbocycles. The SMILES string of the molecule is NCC1CN(C(=O)CCc2ccc(Cl)cc2)Cc2[nH]c3ccc(Cl)cc3c21. The number of amides is 1. The van der Waals surface area contributed by atoms with Crippen molar-refractivity contribution in [1.29, 1.82) is 0 Å². The smallest absolute Gasteiger partial charge is 0.223 e. The van der Waals surface area contributed by atoms with Crippen molar-refractivity contribution in [2.45, 2.75) is 25.3 Å². The predicted octanol–water partition coefficient (Wildman–Crippen LogP) is 4.49. The van der Waals surface area contributed by atoms with Crippen LogP contribution in [-0.2, 0) is 17.8 Å². The fourth-order valence-electron chi connectivity index (χ4n) is 3.89. The van der Waals surface area contributed by atoms with Crippen molar-refractivity contribution in [1.82, 2.24) is 9.88 Å². The topological polar surface area (TPSA) is 62.1 Å². The maximum absolute atomic E-state index is 12.8. The van der Waals surface area contributed by atoms with Crippen LogP contribution in [0.4, 0.5) is 0 Å². The molecule has 3 N–H and O–H groups in total. The number of benzene rings is 2. The van der Waals surface area contributed by atoms with E-state index < -0.39 is 0 Å². The van der Waals surface area contributed by atoms with E-state index in [0.717, 1.165) is 22.2 Å². The van der Waals surface area contributed by atoms with Gasteiger partial charge in [0.2, 0.25) is 5.91 Å². The van der Waals surface area contributed by atoms with Crippen LogP contribution in [-0.4, -0.2) is 28.9 Å². The number of nitrogens with one attached hydrogen (secondary N) is 1. The first-order valence-corrected chi connectivity index (χ1v) is 9.83.